The van der Waals surface area contributed by atoms with Crippen LogP contribution in [0.1, 0.15) is 15.9 Å². The zero-order valence-electron chi connectivity index (χ0n) is 11.8. The molecule has 0 heterocycles. The van der Waals surface area contributed by atoms with Crippen LogP contribution in [0.5, 0.6) is 5.75 Å². The lowest BCUT2D eigenvalue weighted by Crippen LogP contribution is -2.41. The minimum atomic E-state index is -4.70. The lowest BCUT2D eigenvalue weighted by Gasteiger charge is -2.11. The number of benzene rings is 2. The van der Waals surface area contributed by atoms with E-state index in [4.69, 9.17) is 0 Å². The van der Waals surface area contributed by atoms with Crippen LogP contribution in [0.4, 0.5) is 13.2 Å². The number of halogens is 3. The number of hydrogen-bond acceptors (Lipinski definition) is 4. The van der Waals surface area contributed by atoms with Gasteiger partial charge in [-0.05, 0) is 36.4 Å². The maximum atomic E-state index is 12.6. The molecule has 2 aromatic carbocycles. The molecule has 0 aliphatic rings. The highest BCUT2D eigenvalue weighted by Gasteiger charge is 2.31. The van der Waals surface area contributed by atoms with Crippen molar-refractivity contribution in [3.8, 4) is 5.75 Å². The van der Waals surface area contributed by atoms with E-state index in [2.05, 4.69) is 0 Å². The Bertz CT molecular complexity index is 866. The summed E-state index contributed by atoms with van der Waals surface area (Å²) in [6.45, 7) is 0. The molecule has 128 valence electrons. The Morgan fingerprint density at radius 3 is 2.33 bits per heavy atom. The summed E-state index contributed by atoms with van der Waals surface area (Å²) in [4.78, 5) is 12.8. The molecule has 2 rings (SSSR count). The number of nitrogens with one attached hydrogen (secondary N) is 2. The number of aromatic hydroxyl groups is 1. The molecular formula is C14H11F3N2O4S. The number of carbonyl (C=O) groups is 1. The van der Waals surface area contributed by atoms with Crippen LogP contribution >= 0.6 is 0 Å². The van der Waals surface area contributed by atoms with Crippen molar-refractivity contribution in [3.63, 3.8) is 0 Å². The molecule has 0 aliphatic heterocycles. The van der Waals surface area contributed by atoms with Gasteiger partial charge in [0, 0.05) is 5.56 Å². The quantitative estimate of drug-likeness (QED) is 0.727. The number of hydrazine groups is 1. The van der Waals surface area contributed by atoms with Gasteiger partial charge in [-0.3, -0.25) is 10.2 Å². The second-order valence-electron chi connectivity index (χ2n) is 4.64. The topological polar surface area (TPSA) is 95.5 Å². The Labute approximate surface area is 135 Å². The summed E-state index contributed by atoms with van der Waals surface area (Å²) >= 11 is 0. The molecule has 0 radical (unpaired) electrons. The van der Waals surface area contributed by atoms with Gasteiger partial charge in [-0.15, -0.1) is 4.83 Å². The summed E-state index contributed by atoms with van der Waals surface area (Å²) in [5.74, 6) is -1.09. The number of alkyl halides is 3. The first-order valence-electron chi connectivity index (χ1n) is 6.38. The number of hydrogen-bond donors (Lipinski definition) is 3. The summed E-state index contributed by atoms with van der Waals surface area (Å²) in [6, 6.07) is 8.15. The maximum absolute atomic E-state index is 12.6. The third-order valence-electron chi connectivity index (χ3n) is 2.88. The van der Waals surface area contributed by atoms with Gasteiger partial charge in [0.1, 0.15) is 5.75 Å². The monoisotopic (exact) mass is 360 g/mol. The summed E-state index contributed by atoms with van der Waals surface area (Å²) in [6.07, 6.45) is -4.70. The van der Waals surface area contributed by atoms with Gasteiger partial charge in [0.2, 0.25) is 0 Å². The van der Waals surface area contributed by atoms with E-state index in [0.717, 1.165) is 24.3 Å². The van der Waals surface area contributed by atoms with Crippen LogP contribution in [0.2, 0.25) is 0 Å². The van der Waals surface area contributed by atoms with Gasteiger partial charge in [-0.2, -0.15) is 13.2 Å². The van der Waals surface area contributed by atoms with Gasteiger partial charge in [0.25, 0.3) is 15.9 Å². The molecule has 0 unspecified atom stereocenters. The zero-order valence-corrected chi connectivity index (χ0v) is 12.6. The molecule has 0 aromatic heterocycles. The van der Waals surface area contributed by atoms with Crippen molar-refractivity contribution in [1.82, 2.24) is 10.3 Å². The van der Waals surface area contributed by atoms with Crippen molar-refractivity contribution in [2.24, 2.45) is 0 Å². The van der Waals surface area contributed by atoms with Crippen LogP contribution in [0, 0.1) is 0 Å². The normalized spacial score (nSPS) is 12.0. The summed E-state index contributed by atoms with van der Waals surface area (Å²) in [7, 11) is -4.40. The Morgan fingerprint density at radius 2 is 1.71 bits per heavy atom. The number of phenols is 1. The van der Waals surface area contributed by atoms with E-state index in [1.807, 2.05) is 5.43 Å². The van der Waals surface area contributed by atoms with Crippen LogP contribution < -0.4 is 10.3 Å². The summed E-state index contributed by atoms with van der Waals surface area (Å²) in [5, 5.41) is 9.25. The zero-order chi connectivity index (χ0) is 18.0. The van der Waals surface area contributed by atoms with E-state index in [9.17, 15) is 31.5 Å². The van der Waals surface area contributed by atoms with Crippen LogP contribution in [0.3, 0.4) is 0 Å². The van der Waals surface area contributed by atoms with Crippen LogP contribution in [-0.4, -0.2) is 19.4 Å². The standard InChI is InChI=1S/C14H11F3N2O4S/c15-14(16,17)10-4-2-6-12(8-10)24(22,23)19-18-13(21)9-3-1-5-11(20)7-9/h1-8,19-20H,(H,18,21). The molecule has 0 saturated heterocycles. The fourth-order valence-electron chi connectivity index (χ4n) is 1.73. The predicted octanol–water partition coefficient (Wildman–Crippen LogP) is 2.03. The lowest BCUT2D eigenvalue weighted by molar-refractivity contribution is -0.137. The number of sulfonamides is 1. The first kappa shape index (κ1) is 17.8. The van der Waals surface area contributed by atoms with Gasteiger partial charge >= 0.3 is 6.18 Å². The highest BCUT2D eigenvalue weighted by Crippen LogP contribution is 2.30. The molecule has 6 nitrogen and oxygen atoms in total. The largest absolute Gasteiger partial charge is 0.508 e. The fraction of sp³-hybridized carbons (Fsp3) is 0.0714. The first-order chi connectivity index (χ1) is 11.1. The molecule has 0 atom stereocenters. The van der Waals surface area contributed by atoms with E-state index in [1.54, 1.807) is 4.83 Å². The van der Waals surface area contributed by atoms with Crippen molar-refractivity contribution < 1.29 is 31.5 Å². The van der Waals surface area contributed by atoms with Crippen LogP contribution in [-0.2, 0) is 16.2 Å². The molecule has 3 N–H and O–H groups in total. The molecule has 0 fully saturated rings. The number of amides is 1. The summed E-state index contributed by atoms with van der Waals surface area (Å²) in [5.41, 5.74) is 0.679. The molecular weight excluding hydrogens is 349 g/mol. The minimum absolute atomic E-state index is 0.0401. The number of carbonyl (C=O) groups excluding carboxylic acids is 1. The Kier molecular flexibility index (Phi) is 4.81. The molecule has 2 aromatic rings. The van der Waals surface area contributed by atoms with Crippen molar-refractivity contribution in [2.75, 3.05) is 0 Å². The maximum Gasteiger partial charge on any atom is 0.416 e. The van der Waals surface area contributed by atoms with E-state index < -0.39 is 32.6 Å². The number of phenolic OH excluding ortho intramolecular Hbond substituents is 1. The van der Waals surface area contributed by atoms with E-state index >= 15 is 0 Å². The van der Waals surface area contributed by atoms with Crippen molar-refractivity contribution in [3.05, 3.63) is 59.7 Å². The molecule has 0 aliphatic carbocycles. The smallest absolute Gasteiger partial charge is 0.416 e. The van der Waals surface area contributed by atoms with Gasteiger partial charge in [0.05, 0.1) is 10.5 Å². The third-order valence-corrected chi connectivity index (χ3v) is 4.12. The lowest BCUT2D eigenvalue weighted by atomic mass is 10.2. The SMILES string of the molecule is O=C(NNS(=O)(=O)c1cccc(C(F)(F)F)c1)c1cccc(O)c1. The van der Waals surface area contributed by atoms with E-state index in [-0.39, 0.29) is 11.3 Å². The van der Waals surface area contributed by atoms with Crippen molar-refractivity contribution >= 4 is 15.9 Å². The van der Waals surface area contributed by atoms with E-state index in [0.29, 0.717) is 6.07 Å². The van der Waals surface area contributed by atoms with Crippen LogP contribution in [0.15, 0.2) is 53.4 Å². The first-order valence-corrected chi connectivity index (χ1v) is 7.86. The Morgan fingerprint density at radius 1 is 1.04 bits per heavy atom. The second-order valence-corrected chi connectivity index (χ2v) is 6.32. The van der Waals surface area contributed by atoms with Gasteiger partial charge in [-0.1, -0.05) is 12.1 Å². The Balaban J connectivity index is 2.16. The average Bonchev–Trinajstić information content (AvgIpc) is 2.52. The van der Waals surface area contributed by atoms with Crippen molar-refractivity contribution in [1.29, 1.82) is 0 Å². The van der Waals surface area contributed by atoms with Gasteiger partial charge < -0.3 is 5.11 Å². The van der Waals surface area contributed by atoms with Gasteiger partial charge in [0.15, 0.2) is 0 Å². The highest BCUT2D eigenvalue weighted by atomic mass is 32.2. The highest BCUT2D eigenvalue weighted by molar-refractivity contribution is 7.89. The molecule has 24 heavy (non-hydrogen) atoms. The van der Waals surface area contributed by atoms with E-state index in [1.165, 1.54) is 18.2 Å². The fourth-order valence-corrected chi connectivity index (χ4v) is 2.62. The van der Waals surface area contributed by atoms with Crippen molar-refractivity contribution in [2.45, 2.75) is 11.1 Å². The van der Waals surface area contributed by atoms with Crippen LogP contribution in [0.25, 0.3) is 0 Å². The minimum Gasteiger partial charge on any atom is -0.508 e. The molecule has 0 spiro atoms. The molecule has 10 heteroatoms. The second kappa shape index (κ2) is 6.49. The molecule has 1 amide bonds. The van der Waals surface area contributed by atoms with Gasteiger partial charge in [-0.25, -0.2) is 8.42 Å². The predicted molar refractivity (Wildman–Crippen MR) is 77.3 cm³/mol. The molecule has 0 saturated carbocycles. The average molecular weight is 360 g/mol. The molecule has 0 bridgehead atoms. The summed E-state index contributed by atoms with van der Waals surface area (Å²) < 4.78 is 61.8. The number of rotatable bonds is 4. The third kappa shape index (κ3) is 4.24. The Hall–Kier alpha value is -2.59.